The van der Waals surface area contributed by atoms with E-state index in [4.69, 9.17) is 6.57 Å². The van der Waals surface area contributed by atoms with Crippen molar-refractivity contribution < 1.29 is 13.2 Å². The fraction of sp³-hybridized carbons (Fsp3) is 0.320. The largest absolute Gasteiger partial charge is 0.380 e. The lowest BCUT2D eigenvalue weighted by molar-refractivity contribution is 0.101. The second-order valence-corrected chi connectivity index (χ2v) is 11.0. The Balaban J connectivity index is 1.42. The van der Waals surface area contributed by atoms with Gasteiger partial charge in [0, 0.05) is 50.3 Å². The highest BCUT2D eigenvalue weighted by molar-refractivity contribution is 7.89. The normalized spacial score (nSPS) is 14.2. The molecule has 3 heterocycles. The van der Waals surface area contributed by atoms with Crippen LogP contribution < -0.4 is 15.5 Å². The number of rotatable bonds is 8. The Kier molecular flexibility index (Phi) is 7.45. The zero-order chi connectivity index (χ0) is 25.7. The third-order valence-corrected chi connectivity index (χ3v) is 6.68. The van der Waals surface area contributed by atoms with Crippen molar-refractivity contribution in [3.8, 4) is 0 Å². The van der Waals surface area contributed by atoms with Gasteiger partial charge in [-0.15, -0.1) is 10.2 Å². The molecule has 1 fully saturated rings. The van der Waals surface area contributed by atoms with Crippen LogP contribution in [0.3, 0.4) is 0 Å². The first-order valence-corrected chi connectivity index (χ1v) is 13.5. The minimum atomic E-state index is -3.10. The van der Waals surface area contributed by atoms with Crippen LogP contribution in [0.4, 0.5) is 28.7 Å². The van der Waals surface area contributed by atoms with Crippen LogP contribution in [0, 0.1) is 6.57 Å². The van der Waals surface area contributed by atoms with Crippen molar-refractivity contribution in [2.45, 2.75) is 31.6 Å². The molecule has 1 aliphatic heterocycles. The summed E-state index contributed by atoms with van der Waals surface area (Å²) in [4.78, 5) is 22.1. The molecular weight excluding hydrogens is 478 g/mol. The van der Waals surface area contributed by atoms with Gasteiger partial charge in [0.1, 0.15) is 5.82 Å². The van der Waals surface area contributed by atoms with Gasteiger partial charge in [0.25, 0.3) is 0 Å². The maximum atomic E-state index is 12.2. The summed E-state index contributed by atoms with van der Waals surface area (Å²) in [6, 6.07) is 12.6. The van der Waals surface area contributed by atoms with Crippen LogP contribution in [0.15, 0.2) is 48.7 Å². The average molecular weight is 506 g/mol. The summed E-state index contributed by atoms with van der Waals surface area (Å²) in [5.74, 6) is 1.13. The Bertz CT molecular complexity index is 1380. The number of nitrogens with zero attached hydrogens (tertiary/aromatic N) is 5. The van der Waals surface area contributed by atoms with Crippen molar-refractivity contribution in [2.75, 3.05) is 34.9 Å². The molecule has 0 amide bonds. The molecule has 1 aromatic carbocycles. The number of sulfone groups is 1. The highest BCUT2D eigenvalue weighted by Crippen LogP contribution is 2.26. The molecule has 0 saturated carbocycles. The number of nitrogens with one attached hydrogen (secondary N) is 2. The molecule has 0 radical (unpaired) electrons. The SMILES string of the molecule is [C-]#[N+]c1ccc(N2CCC(Nc3cc(Nc4ccc(CS(C)(=O)=O)cc4)nnc3C(C)=O)CC2)nc1. The number of ketones is 1. The average Bonchev–Trinajstić information content (AvgIpc) is 2.85. The minimum absolute atomic E-state index is 0.0182. The van der Waals surface area contributed by atoms with Gasteiger partial charge >= 0.3 is 0 Å². The van der Waals surface area contributed by atoms with Gasteiger partial charge < -0.3 is 15.5 Å². The summed E-state index contributed by atoms with van der Waals surface area (Å²) in [5.41, 5.74) is 2.85. The van der Waals surface area contributed by atoms with Gasteiger partial charge in [0.2, 0.25) is 5.69 Å². The second-order valence-electron chi connectivity index (χ2n) is 8.83. The van der Waals surface area contributed by atoms with Crippen LogP contribution >= 0.6 is 0 Å². The summed E-state index contributed by atoms with van der Waals surface area (Å²) in [7, 11) is -3.10. The summed E-state index contributed by atoms with van der Waals surface area (Å²) in [5, 5.41) is 14.9. The summed E-state index contributed by atoms with van der Waals surface area (Å²) >= 11 is 0. The lowest BCUT2D eigenvalue weighted by atomic mass is 10.0. The first-order chi connectivity index (χ1) is 17.2. The Hall–Kier alpha value is -4.04. The number of anilines is 4. The van der Waals surface area contributed by atoms with E-state index in [-0.39, 0.29) is 23.3 Å². The van der Waals surface area contributed by atoms with Crippen LogP contribution in [-0.4, -0.2) is 54.8 Å². The quantitative estimate of drug-likeness (QED) is 0.346. The molecule has 0 spiro atoms. The van der Waals surface area contributed by atoms with E-state index in [1.807, 2.05) is 6.07 Å². The van der Waals surface area contributed by atoms with E-state index in [2.05, 4.69) is 35.6 Å². The van der Waals surface area contributed by atoms with Gasteiger partial charge in [-0.25, -0.2) is 13.3 Å². The van der Waals surface area contributed by atoms with Gasteiger partial charge in [0.15, 0.2) is 27.1 Å². The van der Waals surface area contributed by atoms with E-state index < -0.39 is 9.84 Å². The van der Waals surface area contributed by atoms with Gasteiger partial charge in [-0.3, -0.25) is 9.78 Å². The maximum absolute atomic E-state index is 12.2. The first kappa shape index (κ1) is 25.1. The Labute approximate surface area is 210 Å². The van der Waals surface area contributed by atoms with E-state index >= 15 is 0 Å². The topological polar surface area (TPSA) is 122 Å². The highest BCUT2D eigenvalue weighted by atomic mass is 32.2. The third kappa shape index (κ3) is 6.55. The number of Topliss-reactive ketones (excluding diaryl/α,β-unsaturated/α-hetero) is 1. The van der Waals surface area contributed by atoms with Crippen LogP contribution in [0.5, 0.6) is 0 Å². The molecule has 36 heavy (non-hydrogen) atoms. The monoisotopic (exact) mass is 505 g/mol. The molecular formula is C25H27N7O3S. The molecule has 1 saturated heterocycles. The van der Waals surface area contributed by atoms with Gasteiger partial charge in [-0.2, -0.15) is 0 Å². The molecule has 0 bridgehead atoms. The molecule has 1 aliphatic rings. The molecule has 0 unspecified atom stereocenters. The lowest BCUT2D eigenvalue weighted by Crippen LogP contribution is -2.39. The summed E-state index contributed by atoms with van der Waals surface area (Å²) in [6.07, 6.45) is 4.48. The Morgan fingerprint density at radius 2 is 1.86 bits per heavy atom. The van der Waals surface area contributed by atoms with Crippen LogP contribution in [-0.2, 0) is 15.6 Å². The van der Waals surface area contributed by atoms with E-state index in [0.29, 0.717) is 22.8 Å². The molecule has 186 valence electrons. The zero-order valence-electron chi connectivity index (χ0n) is 20.1. The standard InChI is InChI=1S/C25H27N7O3S/c1-17(33)25-22(28-20-10-12-32(13-11-20)24-9-8-21(26-2)15-27-24)14-23(30-31-25)29-19-6-4-18(5-7-19)16-36(3,34)35/h4-9,14-15,20H,10-13,16H2,1,3H3,(H2,28,29,30). The third-order valence-electron chi connectivity index (χ3n) is 5.82. The number of pyridine rings is 1. The van der Waals surface area contributed by atoms with Crippen LogP contribution in [0.2, 0.25) is 0 Å². The fourth-order valence-electron chi connectivity index (χ4n) is 4.06. The second kappa shape index (κ2) is 10.7. The Morgan fingerprint density at radius 1 is 1.14 bits per heavy atom. The number of aromatic nitrogens is 3. The highest BCUT2D eigenvalue weighted by Gasteiger charge is 2.22. The minimum Gasteiger partial charge on any atom is -0.380 e. The van der Waals surface area contributed by atoms with Crippen molar-refractivity contribution in [1.82, 2.24) is 15.2 Å². The molecule has 0 atom stereocenters. The first-order valence-electron chi connectivity index (χ1n) is 11.5. The molecule has 3 aromatic rings. The van der Waals surface area contributed by atoms with Crippen LogP contribution in [0.25, 0.3) is 4.85 Å². The van der Waals surface area contributed by atoms with Crippen LogP contribution in [0.1, 0.15) is 35.8 Å². The number of hydrogen-bond donors (Lipinski definition) is 2. The summed E-state index contributed by atoms with van der Waals surface area (Å²) < 4.78 is 23.0. The maximum Gasteiger partial charge on any atom is 0.205 e. The van der Waals surface area contributed by atoms with Gasteiger partial charge in [-0.05, 0) is 36.6 Å². The molecule has 2 N–H and O–H groups in total. The smallest absolute Gasteiger partial charge is 0.205 e. The molecule has 11 heteroatoms. The van der Waals surface area contributed by atoms with E-state index in [0.717, 1.165) is 37.4 Å². The van der Waals surface area contributed by atoms with Crippen molar-refractivity contribution in [1.29, 1.82) is 0 Å². The molecule has 2 aromatic heterocycles. The predicted octanol–water partition coefficient (Wildman–Crippen LogP) is 3.99. The summed E-state index contributed by atoms with van der Waals surface area (Å²) in [6.45, 7) is 10.1. The van der Waals surface area contributed by atoms with E-state index in [1.54, 1.807) is 42.6 Å². The van der Waals surface area contributed by atoms with Gasteiger partial charge in [-0.1, -0.05) is 18.2 Å². The molecule has 10 nitrogen and oxygen atoms in total. The van der Waals surface area contributed by atoms with Crippen molar-refractivity contribution in [2.24, 2.45) is 0 Å². The Morgan fingerprint density at radius 3 is 2.44 bits per heavy atom. The lowest BCUT2D eigenvalue weighted by Gasteiger charge is -2.33. The van der Waals surface area contributed by atoms with Gasteiger partial charge in [0.05, 0.1) is 18.0 Å². The number of piperidine rings is 1. The number of hydrogen-bond acceptors (Lipinski definition) is 9. The van der Waals surface area contributed by atoms with E-state index in [1.165, 1.54) is 13.2 Å². The zero-order valence-corrected chi connectivity index (χ0v) is 20.9. The van der Waals surface area contributed by atoms with Crippen molar-refractivity contribution in [3.05, 3.63) is 71.3 Å². The number of carbonyl (C=O) groups is 1. The predicted molar refractivity (Wildman–Crippen MR) is 140 cm³/mol. The molecule has 4 rings (SSSR count). The van der Waals surface area contributed by atoms with Crippen molar-refractivity contribution in [3.63, 3.8) is 0 Å². The number of carbonyl (C=O) groups excluding carboxylic acids is 1. The molecule has 0 aliphatic carbocycles. The fourth-order valence-corrected chi connectivity index (χ4v) is 4.86. The van der Waals surface area contributed by atoms with Crippen molar-refractivity contribution >= 4 is 44.3 Å². The van der Waals surface area contributed by atoms with E-state index in [9.17, 15) is 13.2 Å². The number of benzene rings is 1.